The third kappa shape index (κ3) is 3.53. The van der Waals surface area contributed by atoms with Crippen LogP contribution in [0.5, 0.6) is 0 Å². The van der Waals surface area contributed by atoms with E-state index in [0.717, 1.165) is 27.5 Å². The average molecular weight is 364 g/mol. The average Bonchev–Trinajstić information content (AvgIpc) is 3.29. The lowest BCUT2D eigenvalue weighted by atomic mass is 10.1. The number of furan rings is 1. The van der Waals surface area contributed by atoms with Gasteiger partial charge in [-0.2, -0.15) is 0 Å². The fourth-order valence-electron chi connectivity index (χ4n) is 2.71. The number of aromatic nitrogens is 1. The van der Waals surface area contributed by atoms with Gasteiger partial charge in [-0.15, -0.1) is 11.3 Å². The summed E-state index contributed by atoms with van der Waals surface area (Å²) in [6, 6.07) is 18.4. The lowest BCUT2D eigenvalue weighted by molar-refractivity contribution is 0.492. The largest absolute Gasteiger partial charge is 0.467 e. The van der Waals surface area contributed by atoms with Gasteiger partial charge in [0.1, 0.15) is 11.6 Å². The van der Waals surface area contributed by atoms with Crippen LogP contribution in [0.1, 0.15) is 11.3 Å². The Bertz CT molecular complexity index is 1060. The zero-order valence-electron chi connectivity index (χ0n) is 14.2. The molecule has 5 heteroatoms. The van der Waals surface area contributed by atoms with Gasteiger partial charge in [-0.1, -0.05) is 29.8 Å². The number of halogens is 1. The van der Waals surface area contributed by atoms with Crippen LogP contribution in [0.3, 0.4) is 0 Å². The van der Waals surface area contributed by atoms with Crippen molar-refractivity contribution in [1.82, 2.24) is 4.57 Å². The van der Waals surface area contributed by atoms with Crippen molar-refractivity contribution in [2.45, 2.75) is 13.5 Å². The van der Waals surface area contributed by atoms with Crippen molar-refractivity contribution >= 4 is 17.0 Å². The van der Waals surface area contributed by atoms with Crippen LogP contribution in [0.4, 0.5) is 10.1 Å². The molecule has 2 heterocycles. The Hall–Kier alpha value is -2.92. The highest BCUT2D eigenvalue weighted by Crippen LogP contribution is 2.22. The molecule has 0 bridgehead atoms. The van der Waals surface area contributed by atoms with E-state index in [1.54, 1.807) is 29.7 Å². The highest BCUT2D eigenvalue weighted by molar-refractivity contribution is 7.07. The second-order valence-electron chi connectivity index (χ2n) is 6.02. The lowest BCUT2D eigenvalue weighted by Crippen LogP contribution is -2.16. The minimum atomic E-state index is -0.265. The van der Waals surface area contributed by atoms with E-state index < -0.39 is 0 Å². The summed E-state index contributed by atoms with van der Waals surface area (Å²) in [4.78, 5) is 5.54. The maximum atomic E-state index is 13.2. The molecule has 130 valence electrons. The van der Waals surface area contributed by atoms with E-state index >= 15 is 0 Å². The minimum absolute atomic E-state index is 0.265. The van der Waals surface area contributed by atoms with Crippen molar-refractivity contribution in [1.29, 1.82) is 0 Å². The summed E-state index contributed by atoms with van der Waals surface area (Å²) >= 11 is 1.56. The molecule has 0 amide bonds. The van der Waals surface area contributed by atoms with Crippen molar-refractivity contribution in [3.63, 3.8) is 0 Å². The minimum Gasteiger partial charge on any atom is -0.467 e. The lowest BCUT2D eigenvalue weighted by Gasteiger charge is -2.08. The maximum Gasteiger partial charge on any atom is 0.190 e. The molecule has 0 atom stereocenters. The second kappa shape index (κ2) is 7.14. The summed E-state index contributed by atoms with van der Waals surface area (Å²) < 4.78 is 20.8. The van der Waals surface area contributed by atoms with E-state index in [1.807, 2.05) is 12.1 Å². The summed E-state index contributed by atoms with van der Waals surface area (Å²) in [6.07, 6.45) is 1.67. The molecular weight excluding hydrogens is 347 g/mol. The number of thiazole rings is 1. The van der Waals surface area contributed by atoms with Crippen LogP contribution in [0, 0.1) is 12.7 Å². The fraction of sp³-hybridized carbons (Fsp3) is 0.0952. The van der Waals surface area contributed by atoms with Gasteiger partial charge >= 0.3 is 0 Å². The first kappa shape index (κ1) is 16.5. The predicted molar refractivity (Wildman–Crippen MR) is 102 cm³/mol. The highest BCUT2D eigenvalue weighted by atomic mass is 32.1. The van der Waals surface area contributed by atoms with Gasteiger partial charge in [0.15, 0.2) is 4.80 Å². The van der Waals surface area contributed by atoms with Crippen LogP contribution < -0.4 is 4.80 Å². The van der Waals surface area contributed by atoms with E-state index in [1.165, 1.54) is 17.7 Å². The number of rotatable bonds is 4. The third-order valence-electron chi connectivity index (χ3n) is 4.09. The molecule has 0 saturated carbocycles. The number of hydrogen-bond acceptors (Lipinski definition) is 3. The molecule has 0 aliphatic carbocycles. The molecule has 2 aromatic heterocycles. The molecule has 3 nitrogen and oxygen atoms in total. The SMILES string of the molecule is Cc1ccc(-c2csc(=Nc3ccc(F)cc3)n2Cc2ccco2)cc1. The Morgan fingerprint density at radius 2 is 1.81 bits per heavy atom. The van der Waals surface area contributed by atoms with Gasteiger partial charge in [0.25, 0.3) is 0 Å². The van der Waals surface area contributed by atoms with E-state index in [4.69, 9.17) is 9.41 Å². The van der Waals surface area contributed by atoms with Gasteiger partial charge in [0, 0.05) is 5.38 Å². The summed E-state index contributed by atoms with van der Waals surface area (Å²) in [5.74, 6) is 0.594. The zero-order valence-corrected chi connectivity index (χ0v) is 15.0. The normalized spacial score (nSPS) is 11.8. The van der Waals surface area contributed by atoms with Gasteiger partial charge in [-0.05, 0) is 48.9 Å². The molecule has 0 unspecified atom stereocenters. The van der Waals surface area contributed by atoms with Crippen LogP contribution >= 0.6 is 11.3 Å². The van der Waals surface area contributed by atoms with Gasteiger partial charge in [0.2, 0.25) is 0 Å². The predicted octanol–water partition coefficient (Wildman–Crippen LogP) is 5.54. The number of benzene rings is 2. The van der Waals surface area contributed by atoms with Crippen molar-refractivity contribution in [2.75, 3.05) is 0 Å². The van der Waals surface area contributed by atoms with Crippen LogP contribution in [0.2, 0.25) is 0 Å². The summed E-state index contributed by atoms with van der Waals surface area (Å²) in [6.45, 7) is 2.66. The Labute approximate surface area is 154 Å². The molecule has 4 rings (SSSR count). The Balaban J connectivity index is 1.83. The Morgan fingerprint density at radius 3 is 2.50 bits per heavy atom. The second-order valence-corrected chi connectivity index (χ2v) is 6.86. The first-order chi connectivity index (χ1) is 12.7. The standard InChI is InChI=1S/C21H17FN2OS/c1-15-4-6-16(7-5-15)20-14-26-21(23-18-10-8-17(22)9-11-18)24(20)13-19-3-2-12-25-19/h2-12,14H,13H2,1H3. The highest BCUT2D eigenvalue weighted by Gasteiger charge is 2.10. The third-order valence-corrected chi connectivity index (χ3v) is 4.95. The fourth-order valence-corrected chi connectivity index (χ4v) is 3.64. The smallest absolute Gasteiger partial charge is 0.190 e. The first-order valence-corrected chi connectivity index (χ1v) is 9.15. The molecule has 0 N–H and O–H groups in total. The molecule has 0 aliphatic heterocycles. The monoisotopic (exact) mass is 364 g/mol. The van der Waals surface area contributed by atoms with E-state index in [9.17, 15) is 4.39 Å². The van der Waals surface area contributed by atoms with Crippen molar-refractivity contribution in [2.24, 2.45) is 4.99 Å². The van der Waals surface area contributed by atoms with Crippen molar-refractivity contribution < 1.29 is 8.81 Å². The Kier molecular flexibility index (Phi) is 4.54. The number of aryl methyl sites for hydroxylation is 1. The molecule has 0 fully saturated rings. The molecular formula is C21H17FN2OS. The maximum absolute atomic E-state index is 13.2. The van der Waals surface area contributed by atoms with Crippen molar-refractivity contribution in [3.8, 4) is 11.3 Å². The topological polar surface area (TPSA) is 30.4 Å². The molecule has 0 spiro atoms. The zero-order chi connectivity index (χ0) is 17.9. The summed E-state index contributed by atoms with van der Waals surface area (Å²) in [7, 11) is 0. The van der Waals surface area contributed by atoms with Crippen LogP contribution in [-0.2, 0) is 6.54 Å². The van der Waals surface area contributed by atoms with Crippen LogP contribution in [0.15, 0.2) is 81.7 Å². The van der Waals surface area contributed by atoms with Crippen LogP contribution in [0.25, 0.3) is 11.3 Å². The van der Waals surface area contributed by atoms with Gasteiger partial charge < -0.3 is 8.98 Å². The molecule has 4 aromatic rings. The van der Waals surface area contributed by atoms with Gasteiger partial charge in [-0.25, -0.2) is 9.38 Å². The van der Waals surface area contributed by atoms with Gasteiger partial charge in [0.05, 0.1) is 24.2 Å². The Morgan fingerprint density at radius 1 is 1.04 bits per heavy atom. The van der Waals surface area contributed by atoms with Crippen molar-refractivity contribution in [3.05, 3.63) is 94.2 Å². The van der Waals surface area contributed by atoms with E-state index in [0.29, 0.717) is 6.54 Å². The summed E-state index contributed by atoms with van der Waals surface area (Å²) in [5, 5.41) is 2.09. The molecule has 26 heavy (non-hydrogen) atoms. The van der Waals surface area contributed by atoms with Gasteiger partial charge in [-0.3, -0.25) is 0 Å². The molecule has 0 saturated heterocycles. The van der Waals surface area contributed by atoms with E-state index in [-0.39, 0.29) is 5.82 Å². The first-order valence-electron chi connectivity index (χ1n) is 8.27. The summed E-state index contributed by atoms with van der Waals surface area (Å²) in [5.41, 5.74) is 4.14. The molecule has 0 radical (unpaired) electrons. The van der Waals surface area contributed by atoms with E-state index in [2.05, 4.69) is 41.1 Å². The number of nitrogens with zero attached hydrogens (tertiary/aromatic N) is 2. The number of hydrogen-bond donors (Lipinski definition) is 0. The van der Waals surface area contributed by atoms with Crippen LogP contribution in [-0.4, -0.2) is 4.57 Å². The molecule has 0 aliphatic rings. The quantitative estimate of drug-likeness (QED) is 0.468. The molecule has 2 aromatic carbocycles.